The van der Waals surface area contributed by atoms with Crippen molar-refractivity contribution in [1.82, 2.24) is 4.90 Å². The second-order valence-electron chi connectivity index (χ2n) is 4.50. The number of hydrogen-bond donors (Lipinski definition) is 1. The van der Waals surface area contributed by atoms with Crippen molar-refractivity contribution >= 4 is 0 Å². The van der Waals surface area contributed by atoms with Crippen LogP contribution < -0.4 is 0 Å². The molecule has 1 unspecified atom stereocenters. The van der Waals surface area contributed by atoms with Crippen LogP contribution in [0.25, 0.3) is 0 Å². The van der Waals surface area contributed by atoms with Gasteiger partial charge in [-0.2, -0.15) is 0 Å². The lowest BCUT2D eigenvalue weighted by molar-refractivity contribution is 0.0244. The molecule has 96 valence electrons. The number of aryl methyl sites for hydroxylation is 1. The topological polar surface area (TPSA) is 32.7 Å². The second kappa shape index (κ2) is 7.43. The monoisotopic (exact) mass is 237 g/mol. The maximum absolute atomic E-state index is 9.71. The fraction of sp³-hybridized carbons (Fsp3) is 0.571. The largest absolute Gasteiger partial charge is 0.389 e. The lowest BCUT2D eigenvalue weighted by atomic mass is 10.1. The summed E-state index contributed by atoms with van der Waals surface area (Å²) in [6.45, 7) is 6.56. The van der Waals surface area contributed by atoms with Gasteiger partial charge < -0.3 is 9.84 Å². The van der Waals surface area contributed by atoms with Crippen molar-refractivity contribution in [2.75, 3.05) is 26.8 Å². The predicted molar refractivity (Wildman–Crippen MR) is 70.0 cm³/mol. The summed E-state index contributed by atoms with van der Waals surface area (Å²) in [6.07, 6.45) is -0.412. The normalized spacial score (nSPS) is 13.0. The molecule has 17 heavy (non-hydrogen) atoms. The molecule has 0 aliphatic carbocycles. The highest BCUT2D eigenvalue weighted by atomic mass is 16.5. The Hall–Kier alpha value is -0.900. The zero-order valence-electron chi connectivity index (χ0n) is 11.0. The maximum Gasteiger partial charge on any atom is 0.0900 e. The molecule has 1 aromatic carbocycles. The standard InChI is InChI=1S/C14H23NO2/c1-4-17-11-14(16)10-15(3)9-13-7-5-12(2)6-8-13/h5-8,14,16H,4,9-11H2,1-3H3. The van der Waals surface area contributed by atoms with Crippen LogP contribution >= 0.6 is 0 Å². The fourth-order valence-electron chi connectivity index (χ4n) is 1.74. The minimum absolute atomic E-state index is 0.411. The van der Waals surface area contributed by atoms with Crippen LogP contribution in [0.1, 0.15) is 18.1 Å². The van der Waals surface area contributed by atoms with Gasteiger partial charge >= 0.3 is 0 Å². The molecule has 0 saturated heterocycles. The van der Waals surface area contributed by atoms with Gasteiger partial charge in [-0.25, -0.2) is 0 Å². The van der Waals surface area contributed by atoms with E-state index in [0.717, 1.165) is 6.54 Å². The van der Waals surface area contributed by atoms with Gasteiger partial charge in [-0.3, -0.25) is 4.90 Å². The zero-order valence-corrected chi connectivity index (χ0v) is 11.0. The number of rotatable bonds is 7. The minimum Gasteiger partial charge on any atom is -0.389 e. The van der Waals surface area contributed by atoms with E-state index in [-0.39, 0.29) is 0 Å². The van der Waals surface area contributed by atoms with E-state index in [1.165, 1.54) is 11.1 Å². The van der Waals surface area contributed by atoms with E-state index in [2.05, 4.69) is 36.1 Å². The number of hydrogen-bond acceptors (Lipinski definition) is 3. The van der Waals surface area contributed by atoms with Crippen LogP contribution in [0.2, 0.25) is 0 Å². The Balaban J connectivity index is 2.33. The van der Waals surface area contributed by atoms with Crippen LogP contribution in [0, 0.1) is 6.92 Å². The summed E-state index contributed by atoms with van der Waals surface area (Å²) in [5, 5.41) is 9.71. The molecule has 0 aliphatic rings. The predicted octanol–water partition coefficient (Wildman–Crippen LogP) is 1.82. The van der Waals surface area contributed by atoms with Crippen molar-refractivity contribution in [3.05, 3.63) is 35.4 Å². The van der Waals surface area contributed by atoms with Crippen molar-refractivity contribution in [3.8, 4) is 0 Å². The molecular weight excluding hydrogens is 214 g/mol. The average Bonchev–Trinajstić information content (AvgIpc) is 2.29. The molecule has 0 heterocycles. The molecule has 0 fully saturated rings. The van der Waals surface area contributed by atoms with Crippen molar-refractivity contribution < 1.29 is 9.84 Å². The van der Waals surface area contributed by atoms with Crippen LogP contribution in [0.4, 0.5) is 0 Å². The van der Waals surface area contributed by atoms with E-state index in [1.807, 2.05) is 14.0 Å². The quantitative estimate of drug-likeness (QED) is 0.785. The summed E-state index contributed by atoms with van der Waals surface area (Å²) in [4.78, 5) is 2.11. The van der Waals surface area contributed by atoms with Gasteiger partial charge in [0, 0.05) is 19.7 Å². The van der Waals surface area contributed by atoms with Gasteiger partial charge in [0.2, 0.25) is 0 Å². The SMILES string of the molecule is CCOCC(O)CN(C)Cc1ccc(C)cc1. The van der Waals surface area contributed by atoms with Crippen LogP contribution in [0.3, 0.4) is 0 Å². The number of benzene rings is 1. The molecule has 0 aliphatic heterocycles. The van der Waals surface area contributed by atoms with Gasteiger partial charge in [-0.05, 0) is 26.5 Å². The van der Waals surface area contributed by atoms with Crippen LogP contribution in [0.5, 0.6) is 0 Å². The lowest BCUT2D eigenvalue weighted by Crippen LogP contribution is -2.31. The Bertz CT molecular complexity index is 311. The smallest absolute Gasteiger partial charge is 0.0900 e. The highest BCUT2D eigenvalue weighted by molar-refractivity contribution is 5.21. The Morgan fingerprint density at radius 1 is 1.29 bits per heavy atom. The van der Waals surface area contributed by atoms with Crippen molar-refractivity contribution in [1.29, 1.82) is 0 Å². The van der Waals surface area contributed by atoms with E-state index in [9.17, 15) is 5.11 Å². The summed E-state index contributed by atoms with van der Waals surface area (Å²) in [5.41, 5.74) is 2.54. The van der Waals surface area contributed by atoms with Gasteiger partial charge in [0.15, 0.2) is 0 Å². The summed E-state index contributed by atoms with van der Waals surface area (Å²) in [7, 11) is 2.01. The van der Waals surface area contributed by atoms with Crippen molar-refractivity contribution in [2.24, 2.45) is 0 Å². The number of nitrogens with zero attached hydrogens (tertiary/aromatic N) is 1. The molecule has 0 radical (unpaired) electrons. The van der Waals surface area contributed by atoms with E-state index >= 15 is 0 Å². The van der Waals surface area contributed by atoms with E-state index in [4.69, 9.17) is 4.74 Å². The van der Waals surface area contributed by atoms with Gasteiger partial charge in [0.05, 0.1) is 12.7 Å². The zero-order chi connectivity index (χ0) is 12.7. The molecule has 1 N–H and O–H groups in total. The molecule has 0 bridgehead atoms. The van der Waals surface area contributed by atoms with Gasteiger partial charge in [-0.15, -0.1) is 0 Å². The third-order valence-electron chi connectivity index (χ3n) is 2.61. The molecule has 0 aromatic heterocycles. The van der Waals surface area contributed by atoms with Gasteiger partial charge in [0.1, 0.15) is 0 Å². The molecule has 0 amide bonds. The molecule has 3 heteroatoms. The Morgan fingerprint density at radius 3 is 2.53 bits per heavy atom. The number of aliphatic hydroxyl groups is 1. The number of aliphatic hydroxyl groups excluding tert-OH is 1. The van der Waals surface area contributed by atoms with Crippen molar-refractivity contribution in [2.45, 2.75) is 26.5 Å². The Labute approximate surface area is 104 Å². The summed E-state index contributed by atoms with van der Waals surface area (Å²) in [6, 6.07) is 8.47. The van der Waals surface area contributed by atoms with Gasteiger partial charge in [-0.1, -0.05) is 29.8 Å². The first-order valence-corrected chi connectivity index (χ1v) is 6.11. The van der Waals surface area contributed by atoms with Crippen LogP contribution in [0.15, 0.2) is 24.3 Å². The average molecular weight is 237 g/mol. The lowest BCUT2D eigenvalue weighted by Gasteiger charge is -2.20. The highest BCUT2D eigenvalue weighted by Crippen LogP contribution is 2.06. The van der Waals surface area contributed by atoms with Crippen LogP contribution in [-0.2, 0) is 11.3 Å². The summed E-state index contributed by atoms with van der Waals surface area (Å²) >= 11 is 0. The molecule has 1 rings (SSSR count). The Kier molecular flexibility index (Phi) is 6.19. The maximum atomic E-state index is 9.71. The first kappa shape index (κ1) is 14.2. The van der Waals surface area contributed by atoms with E-state index in [0.29, 0.717) is 19.8 Å². The number of ether oxygens (including phenoxy) is 1. The van der Waals surface area contributed by atoms with Gasteiger partial charge in [0.25, 0.3) is 0 Å². The third-order valence-corrected chi connectivity index (χ3v) is 2.61. The molecule has 3 nitrogen and oxygen atoms in total. The molecule has 1 aromatic rings. The minimum atomic E-state index is -0.412. The first-order chi connectivity index (χ1) is 8.11. The molecular formula is C14H23NO2. The summed E-state index contributed by atoms with van der Waals surface area (Å²) < 4.78 is 5.19. The molecule has 0 saturated carbocycles. The fourth-order valence-corrected chi connectivity index (χ4v) is 1.74. The molecule has 0 spiro atoms. The van der Waals surface area contributed by atoms with Crippen LogP contribution in [-0.4, -0.2) is 42.9 Å². The highest BCUT2D eigenvalue weighted by Gasteiger charge is 2.08. The van der Waals surface area contributed by atoms with E-state index in [1.54, 1.807) is 0 Å². The third kappa shape index (κ3) is 5.82. The number of likely N-dealkylation sites (N-methyl/N-ethyl adjacent to an activating group) is 1. The Morgan fingerprint density at radius 2 is 1.94 bits per heavy atom. The summed E-state index contributed by atoms with van der Waals surface area (Å²) in [5.74, 6) is 0. The van der Waals surface area contributed by atoms with Crippen molar-refractivity contribution in [3.63, 3.8) is 0 Å². The second-order valence-corrected chi connectivity index (χ2v) is 4.50. The molecule has 1 atom stereocenters. The first-order valence-electron chi connectivity index (χ1n) is 6.11. The van der Waals surface area contributed by atoms with E-state index < -0.39 is 6.10 Å².